The molecule has 24 heavy (non-hydrogen) atoms. The number of ether oxygens (including phenoxy) is 1. The Hall–Kier alpha value is -2.82. The first-order valence-corrected chi connectivity index (χ1v) is 7.62. The number of nitrogens with zero attached hydrogens (tertiary/aromatic N) is 1. The average molecular weight is 326 g/mol. The van der Waals surface area contributed by atoms with E-state index in [1.165, 1.54) is 19.4 Å². The summed E-state index contributed by atoms with van der Waals surface area (Å²) < 4.78 is 5.01. The Morgan fingerprint density at radius 2 is 1.83 bits per heavy atom. The van der Waals surface area contributed by atoms with Crippen LogP contribution in [0.25, 0.3) is 0 Å². The first-order chi connectivity index (χ1) is 11.3. The summed E-state index contributed by atoms with van der Waals surface area (Å²) in [4.78, 5) is 12.1. The van der Waals surface area contributed by atoms with Crippen molar-refractivity contribution in [3.8, 4) is 11.5 Å². The second-order valence-corrected chi connectivity index (χ2v) is 6.45. The maximum Gasteiger partial charge on any atom is 0.271 e. The van der Waals surface area contributed by atoms with E-state index in [4.69, 9.17) is 4.74 Å². The Morgan fingerprint density at radius 3 is 2.38 bits per heavy atom. The van der Waals surface area contributed by atoms with Crippen molar-refractivity contribution in [1.82, 2.24) is 5.43 Å². The predicted molar refractivity (Wildman–Crippen MR) is 94.9 cm³/mol. The van der Waals surface area contributed by atoms with Crippen LogP contribution >= 0.6 is 0 Å². The lowest BCUT2D eigenvalue weighted by Crippen LogP contribution is -2.18. The lowest BCUT2D eigenvalue weighted by Gasteiger charge is -2.18. The number of methoxy groups -OCH3 is 1. The van der Waals surface area contributed by atoms with Gasteiger partial charge in [0, 0.05) is 17.2 Å². The third-order valence-electron chi connectivity index (χ3n) is 3.62. The molecule has 0 atom stereocenters. The normalized spacial score (nSPS) is 11.5. The van der Waals surface area contributed by atoms with E-state index in [9.17, 15) is 9.90 Å². The predicted octanol–water partition coefficient (Wildman–Crippen LogP) is 3.46. The minimum absolute atomic E-state index is 0.0295. The lowest BCUT2D eigenvalue weighted by atomic mass is 9.87. The van der Waals surface area contributed by atoms with Gasteiger partial charge in [0.2, 0.25) is 0 Å². The van der Waals surface area contributed by atoms with Crippen LogP contribution in [0, 0.1) is 0 Å². The maximum atomic E-state index is 12.1. The smallest absolute Gasteiger partial charge is 0.271 e. The zero-order valence-electron chi connectivity index (χ0n) is 14.3. The van der Waals surface area contributed by atoms with E-state index < -0.39 is 0 Å². The van der Waals surface area contributed by atoms with Crippen LogP contribution in [-0.4, -0.2) is 24.3 Å². The molecule has 0 aromatic heterocycles. The molecule has 2 N–H and O–H groups in total. The molecule has 2 aromatic carbocycles. The first kappa shape index (κ1) is 17.5. The van der Waals surface area contributed by atoms with Gasteiger partial charge in [0.15, 0.2) is 0 Å². The molecule has 2 rings (SSSR count). The highest BCUT2D eigenvalue weighted by Gasteiger charge is 2.14. The number of hydrogen-bond acceptors (Lipinski definition) is 4. The zero-order valence-corrected chi connectivity index (χ0v) is 14.3. The van der Waals surface area contributed by atoms with Crippen LogP contribution in [0.3, 0.4) is 0 Å². The third-order valence-corrected chi connectivity index (χ3v) is 3.62. The van der Waals surface area contributed by atoms with Gasteiger partial charge >= 0.3 is 0 Å². The highest BCUT2D eigenvalue weighted by molar-refractivity contribution is 5.95. The molecular weight excluding hydrogens is 304 g/mol. The fourth-order valence-corrected chi connectivity index (χ4v) is 2.11. The summed E-state index contributed by atoms with van der Waals surface area (Å²) in [5, 5.41) is 13.7. The number of hydrazone groups is 1. The molecule has 0 bridgehead atoms. The third kappa shape index (κ3) is 4.35. The second kappa shape index (κ2) is 7.17. The van der Waals surface area contributed by atoms with E-state index in [1.54, 1.807) is 24.3 Å². The van der Waals surface area contributed by atoms with E-state index in [2.05, 4.69) is 31.3 Å². The van der Waals surface area contributed by atoms with Crippen molar-refractivity contribution < 1.29 is 14.6 Å². The summed E-state index contributed by atoms with van der Waals surface area (Å²) >= 11 is 0. The number of carbonyl (C=O) groups is 1. The van der Waals surface area contributed by atoms with E-state index >= 15 is 0 Å². The molecule has 0 aliphatic rings. The van der Waals surface area contributed by atoms with E-state index in [-0.39, 0.29) is 17.1 Å². The molecular formula is C19H22N2O3. The number of benzene rings is 2. The average Bonchev–Trinajstić information content (AvgIpc) is 2.55. The van der Waals surface area contributed by atoms with Crippen LogP contribution in [0.4, 0.5) is 0 Å². The fourth-order valence-electron chi connectivity index (χ4n) is 2.11. The summed E-state index contributed by atoms with van der Waals surface area (Å²) in [5.41, 5.74) is 4.66. The SMILES string of the molecule is COc1ccc(C=NNC(=O)c2ccc(C(C)(C)C)cc2)c(O)c1. The summed E-state index contributed by atoms with van der Waals surface area (Å²) in [5.74, 6) is 0.272. The van der Waals surface area contributed by atoms with E-state index in [1.807, 2.05) is 12.1 Å². The quantitative estimate of drug-likeness (QED) is 0.667. The monoisotopic (exact) mass is 326 g/mol. The van der Waals surface area contributed by atoms with Gasteiger partial charge in [-0.2, -0.15) is 5.10 Å². The maximum absolute atomic E-state index is 12.1. The highest BCUT2D eigenvalue weighted by atomic mass is 16.5. The Bertz CT molecular complexity index is 744. The molecule has 1 amide bonds. The van der Waals surface area contributed by atoms with Crippen LogP contribution in [0.5, 0.6) is 11.5 Å². The molecule has 5 heteroatoms. The van der Waals surface area contributed by atoms with Crippen molar-refractivity contribution >= 4 is 12.1 Å². The Morgan fingerprint density at radius 1 is 1.17 bits per heavy atom. The van der Waals surface area contributed by atoms with Gasteiger partial charge in [-0.3, -0.25) is 4.79 Å². The Labute approximate surface area is 142 Å². The van der Waals surface area contributed by atoms with Gasteiger partial charge in [-0.05, 0) is 35.2 Å². The largest absolute Gasteiger partial charge is 0.507 e. The van der Waals surface area contributed by atoms with Crippen LogP contribution in [0.15, 0.2) is 47.6 Å². The molecule has 2 aromatic rings. The van der Waals surface area contributed by atoms with Crippen LogP contribution in [0.2, 0.25) is 0 Å². The van der Waals surface area contributed by atoms with Gasteiger partial charge in [0.1, 0.15) is 11.5 Å². The highest BCUT2D eigenvalue weighted by Crippen LogP contribution is 2.23. The summed E-state index contributed by atoms with van der Waals surface area (Å²) in [7, 11) is 1.52. The number of nitrogens with one attached hydrogen (secondary N) is 1. The standard InChI is InChI=1S/C19H22N2O3/c1-19(2,3)15-8-5-13(6-9-15)18(23)21-20-12-14-7-10-16(24-4)11-17(14)22/h5-12,22H,1-4H3,(H,21,23). The minimum atomic E-state index is -0.306. The molecule has 0 unspecified atom stereocenters. The number of aromatic hydroxyl groups is 1. The topological polar surface area (TPSA) is 70.9 Å². The van der Waals surface area contributed by atoms with Gasteiger partial charge in [0.05, 0.1) is 13.3 Å². The Balaban J connectivity index is 2.02. The van der Waals surface area contributed by atoms with Crippen molar-refractivity contribution in [2.45, 2.75) is 26.2 Å². The molecule has 0 aliphatic carbocycles. The van der Waals surface area contributed by atoms with Crippen molar-refractivity contribution in [3.05, 3.63) is 59.2 Å². The van der Waals surface area contributed by atoms with Crippen molar-refractivity contribution in [3.63, 3.8) is 0 Å². The fraction of sp³-hybridized carbons (Fsp3) is 0.263. The van der Waals surface area contributed by atoms with Crippen molar-refractivity contribution in [2.75, 3.05) is 7.11 Å². The molecule has 0 spiro atoms. The van der Waals surface area contributed by atoms with Gasteiger partial charge < -0.3 is 9.84 Å². The van der Waals surface area contributed by atoms with E-state index in [0.29, 0.717) is 16.9 Å². The second-order valence-electron chi connectivity index (χ2n) is 6.45. The van der Waals surface area contributed by atoms with Crippen LogP contribution in [-0.2, 0) is 5.41 Å². The summed E-state index contributed by atoms with van der Waals surface area (Å²) in [6.45, 7) is 6.36. The van der Waals surface area contributed by atoms with Gasteiger partial charge in [-0.25, -0.2) is 5.43 Å². The molecule has 0 fully saturated rings. The molecule has 0 heterocycles. The van der Waals surface area contributed by atoms with Gasteiger partial charge in [-0.1, -0.05) is 32.9 Å². The van der Waals surface area contributed by atoms with Crippen LogP contribution in [0.1, 0.15) is 42.3 Å². The number of rotatable bonds is 4. The van der Waals surface area contributed by atoms with Crippen molar-refractivity contribution in [1.29, 1.82) is 0 Å². The first-order valence-electron chi connectivity index (χ1n) is 7.62. The molecule has 5 nitrogen and oxygen atoms in total. The molecule has 0 saturated heterocycles. The van der Waals surface area contributed by atoms with E-state index in [0.717, 1.165) is 5.56 Å². The van der Waals surface area contributed by atoms with Crippen molar-refractivity contribution in [2.24, 2.45) is 5.10 Å². The summed E-state index contributed by atoms with van der Waals surface area (Å²) in [6.07, 6.45) is 1.39. The number of phenolic OH excluding ortho intramolecular Hbond substituents is 1. The molecule has 0 saturated carbocycles. The molecule has 0 aliphatic heterocycles. The number of hydrogen-bond donors (Lipinski definition) is 2. The number of carbonyl (C=O) groups excluding carboxylic acids is 1. The minimum Gasteiger partial charge on any atom is -0.507 e. The lowest BCUT2D eigenvalue weighted by molar-refractivity contribution is 0.0955. The number of amides is 1. The van der Waals surface area contributed by atoms with Gasteiger partial charge in [-0.15, -0.1) is 0 Å². The zero-order chi connectivity index (χ0) is 17.7. The molecule has 0 radical (unpaired) electrons. The summed E-state index contributed by atoms with van der Waals surface area (Å²) in [6, 6.07) is 12.3. The Kier molecular flexibility index (Phi) is 5.24. The van der Waals surface area contributed by atoms with Gasteiger partial charge in [0.25, 0.3) is 5.91 Å². The number of phenols is 1. The van der Waals surface area contributed by atoms with Crippen LogP contribution < -0.4 is 10.2 Å². The molecule has 126 valence electrons.